The lowest BCUT2D eigenvalue weighted by molar-refractivity contribution is -0.126. The van der Waals surface area contributed by atoms with E-state index in [9.17, 15) is 9.90 Å². The molecule has 8 nitrogen and oxygen atoms in total. The molecular formula is C16H33N3O5. The molecule has 0 bridgehead atoms. The zero-order chi connectivity index (χ0) is 18.0. The van der Waals surface area contributed by atoms with E-state index >= 15 is 0 Å². The van der Waals surface area contributed by atoms with Crippen LogP contribution in [0, 0.1) is 0 Å². The zero-order valence-corrected chi connectivity index (χ0v) is 14.7. The van der Waals surface area contributed by atoms with E-state index in [0.717, 1.165) is 19.3 Å². The molecule has 5 N–H and O–H groups in total. The van der Waals surface area contributed by atoms with Crippen molar-refractivity contribution in [2.24, 2.45) is 5.73 Å². The quantitative estimate of drug-likeness (QED) is 0.215. The highest BCUT2D eigenvalue weighted by Crippen LogP contribution is 2.05. The first-order chi connectivity index (χ1) is 11.6. The number of ether oxygens (including phenoxy) is 3. The lowest BCUT2D eigenvalue weighted by Gasteiger charge is -2.14. The topological polar surface area (TPSA) is 115 Å². The molecule has 0 aromatic carbocycles. The van der Waals surface area contributed by atoms with Gasteiger partial charge < -0.3 is 35.7 Å². The molecule has 24 heavy (non-hydrogen) atoms. The zero-order valence-electron chi connectivity index (χ0n) is 14.7. The summed E-state index contributed by atoms with van der Waals surface area (Å²) in [4.78, 5) is 11.5. The van der Waals surface area contributed by atoms with Gasteiger partial charge in [-0.1, -0.05) is 6.58 Å². The lowest BCUT2D eigenvalue weighted by atomic mass is 10.1. The normalized spacial score (nSPS) is 12.1. The molecule has 0 aliphatic heterocycles. The van der Waals surface area contributed by atoms with Crippen LogP contribution in [0.15, 0.2) is 12.3 Å². The van der Waals surface area contributed by atoms with E-state index in [0.29, 0.717) is 46.1 Å². The van der Waals surface area contributed by atoms with E-state index in [4.69, 9.17) is 19.9 Å². The maximum atomic E-state index is 11.5. The van der Waals surface area contributed by atoms with Crippen molar-refractivity contribution < 1.29 is 24.1 Å². The van der Waals surface area contributed by atoms with Crippen LogP contribution >= 0.6 is 0 Å². The number of aliphatic hydroxyl groups is 1. The Labute approximate surface area is 144 Å². The van der Waals surface area contributed by atoms with Crippen molar-refractivity contribution in [1.82, 2.24) is 10.6 Å². The van der Waals surface area contributed by atoms with Gasteiger partial charge in [0.2, 0.25) is 5.91 Å². The number of rotatable bonds is 17. The number of carbonyl (C=O) groups is 1. The van der Waals surface area contributed by atoms with E-state index in [1.165, 1.54) is 0 Å². The summed E-state index contributed by atoms with van der Waals surface area (Å²) >= 11 is 0. The van der Waals surface area contributed by atoms with Crippen molar-refractivity contribution in [2.45, 2.75) is 25.3 Å². The highest BCUT2D eigenvalue weighted by Gasteiger charge is 2.08. The summed E-state index contributed by atoms with van der Waals surface area (Å²) in [7, 11) is 1.78. The molecule has 1 amide bonds. The Morgan fingerprint density at radius 1 is 1.12 bits per heavy atom. The number of unbranched alkanes of at least 4 members (excludes halogenated alkanes) is 1. The lowest BCUT2D eigenvalue weighted by Crippen LogP contribution is -2.30. The second kappa shape index (κ2) is 16.7. The summed E-state index contributed by atoms with van der Waals surface area (Å²) in [6.45, 7) is 6.96. The van der Waals surface area contributed by atoms with Gasteiger partial charge in [0.15, 0.2) is 0 Å². The monoisotopic (exact) mass is 347 g/mol. The van der Waals surface area contributed by atoms with Crippen molar-refractivity contribution in [1.29, 1.82) is 0 Å². The standard InChI is InChI=1S/C16H33N3O5/c1-14(20)15(18-2)5-3-4-7-19-16(21)13-24-12-11-23-10-9-22-8-6-17/h15,18,20H,1,3-13,17H2,2H3,(H,19,21). The second-order valence-electron chi connectivity index (χ2n) is 5.24. The second-order valence-corrected chi connectivity index (χ2v) is 5.24. The van der Waals surface area contributed by atoms with Crippen LogP contribution in [0.1, 0.15) is 19.3 Å². The molecule has 0 aromatic heterocycles. The molecule has 0 saturated carbocycles. The number of hydrogen-bond acceptors (Lipinski definition) is 7. The van der Waals surface area contributed by atoms with Crippen LogP contribution in [0.25, 0.3) is 0 Å². The minimum atomic E-state index is -0.141. The Morgan fingerprint density at radius 3 is 2.33 bits per heavy atom. The molecule has 142 valence electrons. The number of aliphatic hydroxyl groups excluding tert-OH is 1. The molecule has 0 aliphatic carbocycles. The van der Waals surface area contributed by atoms with Gasteiger partial charge in [-0.3, -0.25) is 4.79 Å². The molecule has 0 aromatic rings. The van der Waals surface area contributed by atoms with E-state index in [1.54, 1.807) is 7.05 Å². The fourth-order valence-electron chi connectivity index (χ4n) is 1.92. The Hall–Kier alpha value is -1.19. The number of nitrogens with two attached hydrogens (primary N) is 1. The summed E-state index contributed by atoms with van der Waals surface area (Å²) in [5.74, 6) is 0.00103. The van der Waals surface area contributed by atoms with Crippen molar-refractivity contribution >= 4 is 5.91 Å². The fraction of sp³-hybridized carbons (Fsp3) is 0.812. The predicted octanol–water partition coefficient (Wildman–Crippen LogP) is -0.0589. The summed E-state index contributed by atoms with van der Waals surface area (Å²) in [6, 6.07) is -0.0928. The van der Waals surface area contributed by atoms with Gasteiger partial charge in [-0.2, -0.15) is 0 Å². The number of likely N-dealkylation sites (N-methyl/N-ethyl adjacent to an activating group) is 1. The fourth-order valence-corrected chi connectivity index (χ4v) is 1.92. The molecule has 8 heteroatoms. The maximum absolute atomic E-state index is 11.5. The Kier molecular flexibility index (Phi) is 15.8. The van der Waals surface area contributed by atoms with E-state index in [1.807, 2.05) is 0 Å². The summed E-state index contributed by atoms with van der Waals surface area (Å²) in [5, 5.41) is 15.1. The average Bonchev–Trinajstić information content (AvgIpc) is 2.56. The summed E-state index contributed by atoms with van der Waals surface area (Å²) in [6.07, 6.45) is 2.50. The van der Waals surface area contributed by atoms with Gasteiger partial charge in [0, 0.05) is 13.1 Å². The molecule has 0 spiro atoms. The first kappa shape index (κ1) is 22.8. The SMILES string of the molecule is C=C(O)C(CCCCNC(=O)COCCOCCOCCN)NC. The van der Waals surface area contributed by atoms with Gasteiger partial charge in [0.05, 0.1) is 39.1 Å². The first-order valence-electron chi connectivity index (χ1n) is 8.36. The minimum Gasteiger partial charge on any atom is -0.511 e. The molecule has 0 saturated heterocycles. The van der Waals surface area contributed by atoms with Crippen LogP contribution in [-0.4, -0.2) is 76.8 Å². The maximum Gasteiger partial charge on any atom is 0.245 e. The first-order valence-corrected chi connectivity index (χ1v) is 8.36. The van der Waals surface area contributed by atoms with Crippen LogP contribution in [-0.2, 0) is 19.0 Å². The summed E-state index contributed by atoms with van der Waals surface area (Å²) in [5.41, 5.74) is 5.28. The minimum absolute atomic E-state index is 0.0274. The third kappa shape index (κ3) is 14.4. The van der Waals surface area contributed by atoms with E-state index in [2.05, 4.69) is 17.2 Å². The number of amides is 1. The van der Waals surface area contributed by atoms with E-state index in [-0.39, 0.29) is 24.3 Å². The average molecular weight is 347 g/mol. The molecule has 0 aliphatic rings. The number of nitrogens with one attached hydrogen (secondary N) is 2. The Balaban J connectivity index is 3.34. The van der Waals surface area contributed by atoms with Gasteiger partial charge in [-0.05, 0) is 26.3 Å². The smallest absolute Gasteiger partial charge is 0.245 e. The Bertz CT molecular complexity index is 329. The van der Waals surface area contributed by atoms with Crippen molar-refractivity contribution in [2.75, 3.05) is 59.8 Å². The van der Waals surface area contributed by atoms with Crippen molar-refractivity contribution in [3.8, 4) is 0 Å². The highest BCUT2D eigenvalue weighted by molar-refractivity contribution is 5.77. The van der Waals surface area contributed by atoms with Gasteiger partial charge in [0.25, 0.3) is 0 Å². The van der Waals surface area contributed by atoms with E-state index < -0.39 is 0 Å². The molecule has 0 radical (unpaired) electrons. The van der Waals surface area contributed by atoms with Gasteiger partial charge in [-0.15, -0.1) is 0 Å². The highest BCUT2D eigenvalue weighted by atomic mass is 16.5. The number of carbonyl (C=O) groups excluding carboxylic acids is 1. The van der Waals surface area contributed by atoms with Gasteiger partial charge in [-0.25, -0.2) is 0 Å². The molecule has 1 atom stereocenters. The van der Waals surface area contributed by atoms with Crippen LogP contribution < -0.4 is 16.4 Å². The third-order valence-electron chi connectivity index (χ3n) is 3.23. The van der Waals surface area contributed by atoms with Gasteiger partial charge >= 0.3 is 0 Å². The molecule has 0 fully saturated rings. The molecular weight excluding hydrogens is 314 g/mol. The predicted molar refractivity (Wildman–Crippen MR) is 93.0 cm³/mol. The van der Waals surface area contributed by atoms with Crippen molar-refractivity contribution in [3.63, 3.8) is 0 Å². The summed E-state index contributed by atoms with van der Waals surface area (Å²) < 4.78 is 15.6. The molecule has 1 unspecified atom stereocenters. The molecule has 0 rings (SSSR count). The van der Waals surface area contributed by atoms with Crippen LogP contribution in [0.2, 0.25) is 0 Å². The van der Waals surface area contributed by atoms with Gasteiger partial charge in [0.1, 0.15) is 12.4 Å². The van der Waals surface area contributed by atoms with Crippen LogP contribution in [0.3, 0.4) is 0 Å². The van der Waals surface area contributed by atoms with Crippen molar-refractivity contribution in [3.05, 3.63) is 12.3 Å². The number of hydrogen-bond donors (Lipinski definition) is 4. The largest absolute Gasteiger partial charge is 0.511 e. The van der Waals surface area contributed by atoms with Crippen LogP contribution in [0.5, 0.6) is 0 Å². The molecule has 0 heterocycles. The third-order valence-corrected chi connectivity index (χ3v) is 3.23. The van der Waals surface area contributed by atoms with Crippen LogP contribution in [0.4, 0.5) is 0 Å². The Morgan fingerprint density at radius 2 is 1.75 bits per heavy atom.